The van der Waals surface area contributed by atoms with Crippen LogP contribution < -0.4 is 10.2 Å². The molecule has 3 atom stereocenters. The van der Waals surface area contributed by atoms with Gasteiger partial charge < -0.3 is 19.5 Å². The number of aryl methyl sites for hydroxylation is 1. The Morgan fingerprint density at radius 1 is 1.24 bits per heavy atom. The average Bonchev–Trinajstić information content (AvgIpc) is 2.61. The zero-order valence-electron chi connectivity index (χ0n) is 16.8. The van der Waals surface area contributed by atoms with E-state index < -0.39 is 44.4 Å². The zero-order chi connectivity index (χ0) is 22.4. The summed E-state index contributed by atoms with van der Waals surface area (Å²) in [7, 11) is -4.11. The molecule has 0 saturated carbocycles. The molecule has 1 rings (SSSR count). The molecule has 0 aliphatic carbocycles. The maximum absolute atomic E-state index is 13.2. The van der Waals surface area contributed by atoms with E-state index >= 15 is 0 Å². The van der Waals surface area contributed by atoms with Crippen LogP contribution in [0.1, 0.15) is 49.3 Å². The Kier molecular flexibility index (Phi) is 8.90. The standard InChI is InChI=1S/C17H26N3O8P/c1-9(2)28-17(25)12(5)20-29(26,19-11(4)16(23)24)27-8-13-6-18-10(3)15(22)14(13)7-21/h6-7,9,11-12,22H,8H2,1-5H3,(H,23,24)(H2,19,20,26)/t11-,12-,29?/m0/s1. The maximum atomic E-state index is 13.2. The molecule has 0 radical (unpaired) electrons. The zero-order valence-corrected chi connectivity index (χ0v) is 17.7. The number of nitrogens with zero attached hydrogens (tertiary/aromatic N) is 1. The number of esters is 1. The second kappa shape index (κ2) is 10.4. The van der Waals surface area contributed by atoms with Gasteiger partial charge >= 0.3 is 19.6 Å². The van der Waals surface area contributed by atoms with Crippen LogP contribution in [0.15, 0.2) is 6.20 Å². The summed E-state index contributed by atoms with van der Waals surface area (Å²) in [5, 5.41) is 23.8. The lowest BCUT2D eigenvalue weighted by atomic mass is 10.1. The number of aliphatic carboxylic acids is 1. The number of carboxylic acids is 1. The molecule has 0 spiro atoms. The largest absolute Gasteiger partial charge is 0.505 e. The molecule has 12 heteroatoms. The van der Waals surface area contributed by atoms with Gasteiger partial charge in [0.15, 0.2) is 6.29 Å². The molecule has 0 saturated heterocycles. The van der Waals surface area contributed by atoms with Crippen molar-refractivity contribution in [2.75, 3.05) is 0 Å². The van der Waals surface area contributed by atoms with Crippen molar-refractivity contribution in [3.63, 3.8) is 0 Å². The Labute approximate surface area is 168 Å². The number of aromatic hydroxyl groups is 1. The highest BCUT2D eigenvalue weighted by Crippen LogP contribution is 2.40. The van der Waals surface area contributed by atoms with Gasteiger partial charge in [-0.25, -0.2) is 10.2 Å². The van der Waals surface area contributed by atoms with E-state index in [1.54, 1.807) is 13.8 Å². The second-order valence-electron chi connectivity index (χ2n) is 6.60. The lowest BCUT2D eigenvalue weighted by Gasteiger charge is -2.25. The van der Waals surface area contributed by atoms with Crippen LogP contribution in [-0.2, 0) is 30.0 Å². The number of pyridine rings is 1. The van der Waals surface area contributed by atoms with E-state index in [9.17, 15) is 24.1 Å². The molecular weight excluding hydrogens is 405 g/mol. The van der Waals surface area contributed by atoms with Gasteiger partial charge in [0.1, 0.15) is 17.8 Å². The van der Waals surface area contributed by atoms with Crippen LogP contribution in [0.4, 0.5) is 0 Å². The number of carbonyl (C=O) groups is 3. The predicted octanol–water partition coefficient (Wildman–Crippen LogP) is 1.53. The van der Waals surface area contributed by atoms with Crippen molar-refractivity contribution < 1.29 is 38.4 Å². The molecule has 0 amide bonds. The quantitative estimate of drug-likeness (QED) is 0.228. The summed E-state index contributed by atoms with van der Waals surface area (Å²) in [4.78, 5) is 38.4. The third-order valence-electron chi connectivity index (χ3n) is 3.68. The first kappa shape index (κ1) is 24.7. The fourth-order valence-electron chi connectivity index (χ4n) is 2.12. The van der Waals surface area contributed by atoms with Crippen molar-refractivity contribution in [1.29, 1.82) is 0 Å². The third kappa shape index (κ3) is 7.21. The molecule has 1 unspecified atom stereocenters. The first-order valence-corrected chi connectivity index (χ1v) is 10.4. The Hall–Kier alpha value is -2.33. The molecule has 0 aliphatic rings. The highest BCUT2D eigenvalue weighted by Gasteiger charge is 2.33. The minimum Gasteiger partial charge on any atom is -0.505 e. The van der Waals surface area contributed by atoms with Crippen LogP contribution >= 0.6 is 7.67 Å². The molecule has 11 nitrogen and oxygen atoms in total. The van der Waals surface area contributed by atoms with Crippen molar-refractivity contribution in [1.82, 2.24) is 15.2 Å². The van der Waals surface area contributed by atoms with Crippen LogP contribution in [0.5, 0.6) is 5.75 Å². The fraction of sp³-hybridized carbons (Fsp3) is 0.529. The van der Waals surface area contributed by atoms with Gasteiger partial charge in [0.25, 0.3) is 0 Å². The van der Waals surface area contributed by atoms with Crippen molar-refractivity contribution in [3.8, 4) is 5.75 Å². The number of aromatic nitrogens is 1. The summed E-state index contributed by atoms with van der Waals surface area (Å²) < 4.78 is 23.5. The van der Waals surface area contributed by atoms with Crippen LogP contribution in [0.2, 0.25) is 0 Å². The SMILES string of the molecule is Cc1ncc(COP(=O)(N[C@@H](C)C(=O)O)N[C@@H](C)C(=O)OC(C)C)c(C=O)c1O. The second-order valence-corrected chi connectivity index (χ2v) is 8.48. The normalized spacial score (nSPS) is 15.4. The summed E-state index contributed by atoms with van der Waals surface area (Å²) in [6.45, 7) is 6.95. The van der Waals surface area contributed by atoms with Crippen molar-refractivity contribution in [2.45, 2.75) is 59.4 Å². The summed E-state index contributed by atoms with van der Waals surface area (Å²) in [5.74, 6) is -2.35. The number of carbonyl (C=O) groups excluding carboxylic acids is 2. The molecule has 162 valence electrons. The third-order valence-corrected chi connectivity index (χ3v) is 5.63. The van der Waals surface area contributed by atoms with Crippen molar-refractivity contribution in [3.05, 3.63) is 23.0 Å². The molecule has 0 bridgehead atoms. The molecule has 0 aliphatic heterocycles. The van der Waals surface area contributed by atoms with Gasteiger partial charge in [-0.1, -0.05) is 0 Å². The van der Waals surface area contributed by atoms with Gasteiger partial charge in [-0.05, 0) is 34.6 Å². The van der Waals surface area contributed by atoms with E-state index in [0.29, 0.717) is 6.29 Å². The van der Waals surface area contributed by atoms with Crippen LogP contribution in [0.25, 0.3) is 0 Å². The van der Waals surface area contributed by atoms with E-state index in [-0.39, 0.29) is 22.6 Å². The highest BCUT2D eigenvalue weighted by atomic mass is 31.2. The number of nitrogens with one attached hydrogen (secondary N) is 2. The smallest absolute Gasteiger partial charge is 0.342 e. The molecular formula is C17H26N3O8P. The van der Waals surface area contributed by atoms with Crippen molar-refractivity contribution >= 4 is 25.9 Å². The van der Waals surface area contributed by atoms with Gasteiger partial charge in [-0.15, -0.1) is 0 Å². The van der Waals surface area contributed by atoms with E-state index in [1.807, 2.05) is 0 Å². The van der Waals surface area contributed by atoms with Gasteiger partial charge in [0.2, 0.25) is 0 Å². The summed E-state index contributed by atoms with van der Waals surface area (Å²) in [5.41, 5.74) is 0.259. The lowest BCUT2D eigenvalue weighted by Crippen LogP contribution is -2.42. The minimum atomic E-state index is -4.11. The predicted molar refractivity (Wildman–Crippen MR) is 102 cm³/mol. The first-order chi connectivity index (χ1) is 13.4. The van der Waals surface area contributed by atoms with Gasteiger partial charge in [-0.3, -0.25) is 23.9 Å². The molecule has 0 fully saturated rings. The van der Waals surface area contributed by atoms with E-state index in [1.165, 1.54) is 27.0 Å². The van der Waals surface area contributed by atoms with Crippen molar-refractivity contribution in [2.24, 2.45) is 0 Å². The van der Waals surface area contributed by atoms with Gasteiger partial charge in [-0.2, -0.15) is 0 Å². The highest BCUT2D eigenvalue weighted by molar-refractivity contribution is 7.54. The number of hydrogen-bond acceptors (Lipinski definition) is 8. The lowest BCUT2D eigenvalue weighted by molar-refractivity contribution is -0.149. The van der Waals surface area contributed by atoms with Crippen LogP contribution in [0.3, 0.4) is 0 Å². The Bertz CT molecular complexity index is 814. The number of hydrogen-bond donors (Lipinski definition) is 4. The van der Waals surface area contributed by atoms with Gasteiger partial charge in [0.05, 0.1) is 24.0 Å². The fourth-order valence-corrected chi connectivity index (χ4v) is 3.90. The molecule has 29 heavy (non-hydrogen) atoms. The number of ether oxygens (including phenoxy) is 1. The first-order valence-electron chi connectivity index (χ1n) is 8.76. The summed E-state index contributed by atoms with van der Waals surface area (Å²) in [6, 6.07) is -2.37. The van der Waals surface area contributed by atoms with Gasteiger partial charge in [0, 0.05) is 11.8 Å². The summed E-state index contributed by atoms with van der Waals surface area (Å²) in [6.07, 6.45) is 1.26. The summed E-state index contributed by atoms with van der Waals surface area (Å²) >= 11 is 0. The number of rotatable bonds is 11. The Balaban J connectivity index is 3.08. The monoisotopic (exact) mass is 431 g/mol. The molecule has 1 aromatic rings. The van der Waals surface area contributed by atoms with E-state index in [2.05, 4.69) is 15.2 Å². The molecule has 1 heterocycles. The Morgan fingerprint density at radius 2 is 1.83 bits per heavy atom. The number of carboxylic acid groups (broad SMARTS) is 1. The van der Waals surface area contributed by atoms with E-state index in [4.69, 9.17) is 14.4 Å². The molecule has 4 N–H and O–H groups in total. The average molecular weight is 431 g/mol. The molecule has 1 aromatic heterocycles. The maximum Gasteiger partial charge on any atom is 0.342 e. The minimum absolute atomic E-state index is 0.0948. The van der Waals surface area contributed by atoms with Crippen LogP contribution in [-0.4, -0.2) is 51.6 Å². The van der Waals surface area contributed by atoms with E-state index in [0.717, 1.165) is 0 Å². The topological polar surface area (TPSA) is 164 Å². The Morgan fingerprint density at radius 3 is 2.34 bits per heavy atom. The van der Waals surface area contributed by atoms with Crippen LogP contribution in [0, 0.1) is 6.92 Å². The molecule has 0 aromatic carbocycles. The number of aldehydes is 1.